The summed E-state index contributed by atoms with van der Waals surface area (Å²) < 4.78 is 1.08. The van der Waals surface area contributed by atoms with Crippen LogP contribution in [-0.2, 0) is 10.3 Å². The van der Waals surface area contributed by atoms with Crippen molar-refractivity contribution < 1.29 is 4.79 Å². The molecule has 1 aromatic rings. The summed E-state index contributed by atoms with van der Waals surface area (Å²) in [5.41, 5.74) is 1.15. The molecule has 0 heterocycles. The molecule has 0 saturated heterocycles. The van der Waals surface area contributed by atoms with Crippen molar-refractivity contribution in [3.8, 4) is 0 Å². The lowest BCUT2D eigenvalue weighted by Gasteiger charge is -2.19. The maximum absolute atomic E-state index is 12.1. The van der Waals surface area contributed by atoms with Crippen molar-refractivity contribution in [2.75, 3.05) is 0 Å². The largest absolute Gasteiger partial charge is 0.347 e. The summed E-state index contributed by atoms with van der Waals surface area (Å²) in [6, 6.07) is 8.29. The number of nitrogens with one attached hydrogen (secondary N) is 1. The van der Waals surface area contributed by atoms with Crippen molar-refractivity contribution >= 4 is 21.8 Å². The molecule has 0 aliphatic heterocycles. The second-order valence-corrected chi connectivity index (χ2v) is 6.65. The van der Waals surface area contributed by atoms with E-state index in [-0.39, 0.29) is 11.4 Å². The highest BCUT2D eigenvalue weighted by molar-refractivity contribution is 9.10. The third kappa shape index (κ3) is 3.82. The van der Waals surface area contributed by atoms with E-state index < -0.39 is 0 Å². The lowest BCUT2D eigenvalue weighted by atomic mass is 10.0. The van der Waals surface area contributed by atoms with Gasteiger partial charge in [-0.3, -0.25) is 4.79 Å². The van der Waals surface area contributed by atoms with Gasteiger partial charge < -0.3 is 5.32 Å². The van der Waals surface area contributed by atoms with Gasteiger partial charge in [0.2, 0.25) is 5.91 Å². The Kier molecular flexibility index (Phi) is 4.67. The van der Waals surface area contributed by atoms with Gasteiger partial charge in [0.1, 0.15) is 0 Å². The van der Waals surface area contributed by atoms with Gasteiger partial charge in [0.05, 0.1) is 5.54 Å². The number of amides is 1. The maximum Gasteiger partial charge on any atom is 0.220 e. The molecule has 1 aromatic carbocycles. The molecule has 1 atom stereocenters. The van der Waals surface area contributed by atoms with E-state index in [1.54, 1.807) is 0 Å². The van der Waals surface area contributed by atoms with Crippen LogP contribution in [0, 0.1) is 5.92 Å². The molecule has 1 aliphatic rings. The van der Waals surface area contributed by atoms with Gasteiger partial charge in [-0.05, 0) is 36.5 Å². The first-order valence-corrected chi connectivity index (χ1v) is 7.92. The standard InChI is InChI=1S/C16H22BrNO/c1-3-4-12(2)11-15(19)18-16(9-10-16)13-5-7-14(17)8-6-13/h5-8,12H,3-4,9-11H2,1-2H3,(H,18,19). The number of halogens is 1. The molecule has 19 heavy (non-hydrogen) atoms. The van der Waals surface area contributed by atoms with Crippen LogP contribution in [0.3, 0.4) is 0 Å². The quantitative estimate of drug-likeness (QED) is 0.826. The van der Waals surface area contributed by atoms with E-state index in [0.29, 0.717) is 12.3 Å². The predicted molar refractivity (Wildman–Crippen MR) is 81.9 cm³/mol. The van der Waals surface area contributed by atoms with Crippen molar-refractivity contribution in [1.29, 1.82) is 0 Å². The molecule has 0 spiro atoms. The number of carbonyl (C=O) groups is 1. The second-order valence-electron chi connectivity index (χ2n) is 5.74. The molecule has 0 bridgehead atoms. The van der Waals surface area contributed by atoms with E-state index in [0.717, 1.165) is 30.2 Å². The third-order valence-corrected chi connectivity index (χ3v) is 4.37. The van der Waals surface area contributed by atoms with E-state index in [1.807, 2.05) is 12.1 Å². The molecule has 0 radical (unpaired) electrons. The van der Waals surface area contributed by atoms with Crippen LogP contribution < -0.4 is 5.32 Å². The maximum atomic E-state index is 12.1. The Labute approximate surface area is 124 Å². The minimum absolute atomic E-state index is 0.0796. The number of hydrogen-bond acceptors (Lipinski definition) is 1. The van der Waals surface area contributed by atoms with E-state index in [9.17, 15) is 4.79 Å². The van der Waals surface area contributed by atoms with Crippen LogP contribution in [0.15, 0.2) is 28.7 Å². The Morgan fingerprint density at radius 1 is 1.37 bits per heavy atom. The van der Waals surface area contributed by atoms with Crippen LogP contribution in [0.4, 0.5) is 0 Å². The molecule has 1 fully saturated rings. The molecule has 1 aliphatic carbocycles. The average molecular weight is 324 g/mol. The summed E-state index contributed by atoms with van der Waals surface area (Å²) in [6.45, 7) is 4.32. The molecule has 3 heteroatoms. The molecule has 1 unspecified atom stereocenters. The van der Waals surface area contributed by atoms with Crippen LogP contribution in [0.1, 0.15) is 51.5 Å². The van der Waals surface area contributed by atoms with E-state index in [2.05, 4.69) is 47.2 Å². The van der Waals surface area contributed by atoms with Gasteiger partial charge >= 0.3 is 0 Å². The summed E-state index contributed by atoms with van der Waals surface area (Å²) in [5.74, 6) is 0.673. The molecule has 1 saturated carbocycles. The van der Waals surface area contributed by atoms with Crippen molar-refractivity contribution in [3.63, 3.8) is 0 Å². The molecule has 1 amide bonds. The summed E-state index contributed by atoms with van der Waals surface area (Å²) in [5, 5.41) is 3.24. The first kappa shape index (κ1) is 14.6. The fraction of sp³-hybridized carbons (Fsp3) is 0.562. The van der Waals surface area contributed by atoms with Gasteiger partial charge in [-0.15, -0.1) is 0 Å². The Hall–Kier alpha value is -0.830. The summed E-state index contributed by atoms with van der Waals surface area (Å²) in [4.78, 5) is 12.1. The van der Waals surface area contributed by atoms with Crippen LogP contribution in [0.2, 0.25) is 0 Å². The zero-order valence-corrected chi connectivity index (χ0v) is 13.3. The van der Waals surface area contributed by atoms with Crippen molar-refractivity contribution in [1.82, 2.24) is 5.32 Å². The fourth-order valence-corrected chi connectivity index (χ4v) is 2.87. The zero-order valence-electron chi connectivity index (χ0n) is 11.7. The van der Waals surface area contributed by atoms with E-state index in [1.165, 1.54) is 5.56 Å². The lowest BCUT2D eigenvalue weighted by molar-refractivity contribution is -0.123. The highest BCUT2D eigenvalue weighted by Gasteiger charge is 2.45. The summed E-state index contributed by atoms with van der Waals surface area (Å²) in [6.07, 6.45) is 5.03. The summed E-state index contributed by atoms with van der Waals surface area (Å²) >= 11 is 3.45. The smallest absolute Gasteiger partial charge is 0.220 e. The topological polar surface area (TPSA) is 29.1 Å². The average Bonchev–Trinajstić information content (AvgIpc) is 3.10. The van der Waals surface area contributed by atoms with Crippen molar-refractivity contribution in [3.05, 3.63) is 34.3 Å². The highest BCUT2D eigenvalue weighted by Crippen LogP contribution is 2.45. The van der Waals surface area contributed by atoms with E-state index >= 15 is 0 Å². The number of hydrogen-bond donors (Lipinski definition) is 1. The molecular weight excluding hydrogens is 302 g/mol. The van der Waals surface area contributed by atoms with Gasteiger partial charge in [-0.25, -0.2) is 0 Å². The van der Waals surface area contributed by atoms with Crippen LogP contribution in [-0.4, -0.2) is 5.91 Å². The SMILES string of the molecule is CCCC(C)CC(=O)NC1(c2ccc(Br)cc2)CC1. The molecule has 2 nitrogen and oxygen atoms in total. The van der Waals surface area contributed by atoms with E-state index in [4.69, 9.17) is 0 Å². The first-order valence-electron chi connectivity index (χ1n) is 7.13. The number of benzene rings is 1. The van der Waals surface area contributed by atoms with Gasteiger partial charge in [-0.2, -0.15) is 0 Å². The van der Waals surface area contributed by atoms with Crippen LogP contribution in [0.5, 0.6) is 0 Å². The Morgan fingerprint density at radius 3 is 2.53 bits per heavy atom. The molecule has 0 aromatic heterocycles. The minimum Gasteiger partial charge on any atom is -0.347 e. The Morgan fingerprint density at radius 2 is 2.00 bits per heavy atom. The molecule has 104 valence electrons. The van der Waals surface area contributed by atoms with Crippen molar-refractivity contribution in [2.24, 2.45) is 5.92 Å². The first-order chi connectivity index (χ1) is 9.05. The minimum atomic E-state index is -0.0796. The van der Waals surface area contributed by atoms with Crippen LogP contribution >= 0.6 is 15.9 Å². The Balaban J connectivity index is 1.94. The number of carbonyl (C=O) groups excluding carboxylic acids is 1. The van der Waals surface area contributed by atoms with Crippen LogP contribution in [0.25, 0.3) is 0 Å². The molecular formula is C16H22BrNO. The summed E-state index contributed by atoms with van der Waals surface area (Å²) in [7, 11) is 0. The monoisotopic (exact) mass is 323 g/mol. The second kappa shape index (κ2) is 6.08. The molecule has 2 rings (SSSR count). The van der Waals surface area contributed by atoms with Gasteiger partial charge in [0.15, 0.2) is 0 Å². The predicted octanol–water partition coefficient (Wildman–Crippen LogP) is 4.38. The third-order valence-electron chi connectivity index (χ3n) is 3.84. The molecule has 1 N–H and O–H groups in total. The fourth-order valence-electron chi connectivity index (χ4n) is 2.61. The highest BCUT2D eigenvalue weighted by atomic mass is 79.9. The normalized spacial score (nSPS) is 17.8. The zero-order chi connectivity index (χ0) is 13.9. The Bertz CT molecular complexity index is 437. The van der Waals surface area contributed by atoms with Gasteiger partial charge in [0, 0.05) is 10.9 Å². The number of rotatable bonds is 6. The van der Waals surface area contributed by atoms with Gasteiger partial charge in [0.25, 0.3) is 0 Å². The van der Waals surface area contributed by atoms with Gasteiger partial charge in [-0.1, -0.05) is 54.8 Å². The lowest BCUT2D eigenvalue weighted by Crippen LogP contribution is -2.35. The van der Waals surface area contributed by atoms with Crippen molar-refractivity contribution in [2.45, 2.75) is 51.5 Å².